The average molecular weight is 1170 g/mol. The van der Waals surface area contributed by atoms with Crippen LogP contribution < -0.4 is 22.9 Å². The van der Waals surface area contributed by atoms with E-state index in [2.05, 4.69) is 50.9 Å². The van der Waals surface area contributed by atoms with Gasteiger partial charge in [0.1, 0.15) is 54.0 Å². The maximum absolute atomic E-state index is 13.0. The molecule has 71 heavy (non-hydrogen) atoms. The van der Waals surface area contributed by atoms with Crippen LogP contribution in [0.5, 0.6) is 0 Å². The third-order valence-corrected chi connectivity index (χ3v) is 18.3. The average Bonchev–Trinajstić information content (AvgIpc) is 3.92. The first-order chi connectivity index (χ1) is 32.9. The number of rotatable bonds is 23. The van der Waals surface area contributed by atoms with E-state index in [1.165, 1.54) is 17.0 Å². The van der Waals surface area contributed by atoms with Gasteiger partial charge in [-0.05, 0) is 0 Å². The van der Waals surface area contributed by atoms with Crippen LogP contribution in [-0.4, -0.2) is 121 Å². The highest BCUT2D eigenvalue weighted by Gasteiger charge is 2.46. The lowest BCUT2D eigenvalue weighted by atomic mass is 10.0. The van der Waals surface area contributed by atoms with Gasteiger partial charge in [0.05, 0.1) is 55.1 Å². The zero-order valence-corrected chi connectivity index (χ0v) is 42.9. The van der Waals surface area contributed by atoms with Crippen LogP contribution in [0.1, 0.15) is 66.5 Å². The van der Waals surface area contributed by atoms with Gasteiger partial charge in [-0.3, -0.25) is 18.4 Å². The molecule has 2 fully saturated rings. The molecule has 396 valence electrons. The minimum atomic E-state index is -5.89. The standard InChI is InChI=1S/C30H43N7O26P6S2/c1-2-3-5-18-12-37(30(39)35-28(18)33)26-10-21(23(59-26)14-57-67(48,49)63-69(52,53)61-65(43,44)45)55-16-71-70-15-54-20-9-25(36-11-17(6-4-7-31)27-19(38)8-24(32)34-29(27)36)58-22(20)13-56-66(46,47)62-68(50,51)60-64(40,41)42/h11-12,20-23,25-26H,2,7-10,13-16,31H2,1H3,(H2,32,34)(H,46,47)(H,48,49)(H,50,51)(H,52,53)(H2,33,35,39)(H2,40,41,42)(H2,43,44,45)/t20-,21-,22-,23-,25-,26-/m1/s1. The molecule has 10 atom stereocenters. The number of nitrogen functional groups attached to an aromatic ring is 1. The number of aliphatic imine (C=N–C) groups is 1. The second-order valence-electron chi connectivity index (χ2n) is 14.1. The minimum Gasteiger partial charge on any atom is -0.387 e. The summed E-state index contributed by atoms with van der Waals surface area (Å²) >= 11 is 0. The zero-order valence-electron chi connectivity index (χ0n) is 35.9. The highest BCUT2D eigenvalue weighted by atomic mass is 33.1. The monoisotopic (exact) mass is 1170 g/mol. The summed E-state index contributed by atoms with van der Waals surface area (Å²) in [5, 5.41) is 0. The van der Waals surface area contributed by atoms with Crippen molar-refractivity contribution in [1.82, 2.24) is 14.1 Å². The van der Waals surface area contributed by atoms with Crippen LogP contribution in [0.4, 0.5) is 11.6 Å². The summed E-state index contributed by atoms with van der Waals surface area (Å²) in [4.78, 5) is 109. The molecule has 14 N–H and O–H groups in total. The number of Topliss-reactive ketones (excluding diaryl/α,β-unsaturated/α-hetero) is 1. The Labute approximate surface area is 407 Å². The highest BCUT2D eigenvalue weighted by molar-refractivity contribution is 8.76. The molecule has 5 heterocycles. The molecule has 2 aromatic rings. The lowest BCUT2D eigenvalue weighted by Gasteiger charge is -2.22. The number of amidine groups is 1. The maximum atomic E-state index is 13.0. The van der Waals surface area contributed by atoms with Gasteiger partial charge in [0.2, 0.25) is 0 Å². The first-order valence-corrected chi connectivity index (χ1v) is 30.9. The van der Waals surface area contributed by atoms with Crippen molar-refractivity contribution in [2.24, 2.45) is 16.5 Å². The Morgan fingerprint density at radius 2 is 1.20 bits per heavy atom. The number of aromatic nitrogens is 3. The van der Waals surface area contributed by atoms with E-state index in [9.17, 15) is 56.6 Å². The van der Waals surface area contributed by atoms with Crippen molar-refractivity contribution in [1.29, 1.82) is 0 Å². The van der Waals surface area contributed by atoms with Crippen LogP contribution in [0.25, 0.3) is 0 Å². The van der Waals surface area contributed by atoms with Crippen molar-refractivity contribution in [2.45, 2.75) is 69.5 Å². The van der Waals surface area contributed by atoms with E-state index in [0.717, 1.165) is 26.2 Å². The predicted molar refractivity (Wildman–Crippen MR) is 242 cm³/mol. The molecule has 33 nitrogen and oxygen atoms in total. The molecule has 2 aromatic heterocycles. The Hall–Kier alpha value is -2.46. The number of ether oxygens (including phenoxy) is 4. The third-order valence-electron chi connectivity index (χ3n) is 8.94. The van der Waals surface area contributed by atoms with Gasteiger partial charge < -0.3 is 79.9 Å². The van der Waals surface area contributed by atoms with E-state index in [4.69, 9.17) is 64.8 Å². The number of phosphoric ester groups is 2. The van der Waals surface area contributed by atoms with Crippen LogP contribution in [0.15, 0.2) is 22.2 Å². The number of hydrogen-bond acceptors (Lipinski definition) is 25. The molecule has 0 aromatic carbocycles. The zero-order chi connectivity index (χ0) is 52.7. The van der Waals surface area contributed by atoms with Crippen LogP contribution >= 0.6 is 68.5 Å². The number of nitrogens with two attached hydrogens (primary N) is 3. The predicted octanol–water partition coefficient (Wildman–Crippen LogP) is 1.30. The van der Waals surface area contributed by atoms with Crippen LogP contribution in [0.2, 0.25) is 0 Å². The first kappa shape index (κ1) is 59.4. The number of nitrogens with zero attached hydrogens (tertiary/aromatic N) is 4. The molecule has 0 bridgehead atoms. The largest absolute Gasteiger partial charge is 0.490 e. The second kappa shape index (κ2) is 24.5. The van der Waals surface area contributed by atoms with Gasteiger partial charge in [-0.15, -0.1) is 0 Å². The van der Waals surface area contributed by atoms with E-state index in [-0.39, 0.29) is 71.8 Å². The number of hydrogen-bond donors (Lipinski definition) is 11. The smallest absolute Gasteiger partial charge is 0.387 e. The number of fused-ring (bicyclic) bond motifs is 1. The number of anilines is 1. The summed E-state index contributed by atoms with van der Waals surface area (Å²) in [6, 6.07) is 0. The van der Waals surface area contributed by atoms with Gasteiger partial charge in [-0.25, -0.2) is 37.2 Å². The summed E-state index contributed by atoms with van der Waals surface area (Å²) in [5.74, 6) is 9.85. The summed E-state index contributed by atoms with van der Waals surface area (Å²) < 4.78 is 122. The van der Waals surface area contributed by atoms with Crippen LogP contribution in [0, 0.1) is 23.7 Å². The molecule has 4 unspecified atom stereocenters. The molecule has 3 aliphatic heterocycles. The summed E-state index contributed by atoms with van der Waals surface area (Å²) in [7, 11) is -32.5. The molecular formula is C30H43N7O26P6S2. The Morgan fingerprint density at radius 1 is 0.718 bits per heavy atom. The summed E-state index contributed by atoms with van der Waals surface area (Å²) in [6.07, 6.45) is -4.64. The molecule has 41 heteroatoms. The van der Waals surface area contributed by atoms with Crippen molar-refractivity contribution < 1.29 is 117 Å². The lowest BCUT2D eigenvalue weighted by molar-refractivity contribution is -0.0543. The summed E-state index contributed by atoms with van der Waals surface area (Å²) in [6.45, 7) is -0.219. The fourth-order valence-corrected chi connectivity index (χ4v) is 13.8. The lowest BCUT2D eigenvalue weighted by Crippen LogP contribution is -2.29. The number of ketones is 1. The van der Waals surface area contributed by atoms with Crippen molar-refractivity contribution in [2.75, 3.05) is 37.4 Å². The first-order valence-electron chi connectivity index (χ1n) is 19.4. The maximum Gasteiger partial charge on any atom is 0.490 e. The van der Waals surface area contributed by atoms with Crippen LogP contribution in [-0.2, 0) is 72.6 Å². The minimum absolute atomic E-state index is 0.0426. The third kappa shape index (κ3) is 18.1. The Morgan fingerprint density at radius 3 is 1.68 bits per heavy atom. The van der Waals surface area contributed by atoms with Crippen molar-refractivity contribution >= 4 is 91.8 Å². The quantitative estimate of drug-likeness (QED) is 0.0246. The number of carbonyl (C=O) groups excluding carboxylic acids is 1. The van der Waals surface area contributed by atoms with Gasteiger partial charge in [-0.1, -0.05) is 52.2 Å². The van der Waals surface area contributed by atoms with Gasteiger partial charge in [0, 0.05) is 31.7 Å². The van der Waals surface area contributed by atoms with Crippen molar-refractivity contribution in [3.05, 3.63) is 39.6 Å². The Kier molecular flexibility index (Phi) is 20.5. The molecule has 3 aliphatic rings. The van der Waals surface area contributed by atoms with Gasteiger partial charge in [-0.2, -0.15) is 22.2 Å². The van der Waals surface area contributed by atoms with Crippen LogP contribution in [0.3, 0.4) is 0 Å². The fraction of sp³-hybridized carbons (Fsp3) is 0.533. The van der Waals surface area contributed by atoms with Crippen molar-refractivity contribution in [3.63, 3.8) is 0 Å². The molecule has 2 saturated heterocycles. The molecular weight excluding hydrogens is 1120 g/mol. The van der Waals surface area contributed by atoms with E-state index in [1.807, 2.05) is 0 Å². The fourth-order valence-electron chi connectivity index (χ4n) is 6.39. The van der Waals surface area contributed by atoms with Gasteiger partial charge in [0.25, 0.3) is 0 Å². The normalized spacial score (nSPS) is 24.8. The molecule has 0 spiro atoms. The topological polar surface area (TPSA) is 504 Å². The van der Waals surface area contributed by atoms with E-state index in [1.54, 1.807) is 6.92 Å². The molecule has 0 saturated carbocycles. The van der Waals surface area contributed by atoms with E-state index >= 15 is 0 Å². The number of carbonyl (C=O) groups is 1. The molecule has 5 rings (SSSR count). The van der Waals surface area contributed by atoms with E-state index < -0.39 is 108 Å². The van der Waals surface area contributed by atoms with Gasteiger partial charge in [0.15, 0.2) is 5.78 Å². The number of phosphoric acid groups is 6. The second-order valence-corrected chi connectivity index (χ2v) is 25.3. The molecule has 0 amide bonds. The van der Waals surface area contributed by atoms with E-state index in [0.29, 0.717) is 6.42 Å². The Bertz CT molecular complexity index is 2840. The molecule has 0 radical (unpaired) electrons. The highest BCUT2D eigenvalue weighted by Crippen LogP contribution is 2.67. The van der Waals surface area contributed by atoms with Crippen molar-refractivity contribution in [3.8, 4) is 23.7 Å². The summed E-state index contributed by atoms with van der Waals surface area (Å²) in [5.41, 5.74) is 16.9. The molecule has 0 aliphatic carbocycles. The Balaban J connectivity index is 1.29. The SMILES string of the molecule is CCC#Cc1cn([C@H]2C[C@@H](OCSSCO[C@@H]3C[C@H](n4cc(C#CCN)c5c4N=C(N)CC5=O)O[C@@H]3COP(=O)(O)OP(=O)(O)OP(=O)(O)O)[C@@H](COP(=O)(O)OP(=O)(O)OP(=O)(O)O)O2)c(=O)nc1N. The van der Waals surface area contributed by atoms with Gasteiger partial charge >= 0.3 is 52.6 Å².